The van der Waals surface area contributed by atoms with Gasteiger partial charge < -0.3 is 10.2 Å². The third-order valence-electron chi connectivity index (χ3n) is 5.04. The second-order valence-electron chi connectivity index (χ2n) is 6.96. The van der Waals surface area contributed by atoms with E-state index in [9.17, 15) is 4.79 Å². The molecule has 1 aliphatic heterocycles. The molecule has 0 saturated carbocycles. The topological polar surface area (TPSA) is 68.0 Å². The SMILES string of the molecule is Cc1ccccc1-n1cc(CNC(=O)N2CCC[C@@H]2Cn2cccn2)cn1. The van der Waals surface area contributed by atoms with Gasteiger partial charge in [-0.05, 0) is 37.5 Å². The van der Waals surface area contributed by atoms with Gasteiger partial charge in [0.2, 0.25) is 0 Å². The van der Waals surface area contributed by atoms with Gasteiger partial charge in [-0.15, -0.1) is 0 Å². The lowest BCUT2D eigenvalue weighted by Crippen LogP contribution is -2.44. The van der Waals surface area contributed by atoms with Crippen LogP contribution in [0.1, 0.15) is 24.0 Å². The summed E-state index contributed by atoms with van der Waals surface area (Å²) in [5.41, 5.74) is 3.19. The van der Waals surface area contributed by atoms with Crippen molar-refractivity contribution in [3.63, 3.8) is 0 Å². The Balaban J connectivity index is 1.36. The van der Waals surface area contributed by atoms with Crippen molar-refractivity contribution >= 4 is 6.03 Å². The zero-order chi connectivity index (χ0) is 18.6. The minimum atomic E-state index is -0.0201. The van der Waals surface area contributed by atoms with E-state index in [1.165, 1.54) is 0 Å². The molecule has 7 heteroatoms. The number of benzene rings is 1. The van der Waals surface area contributed by atoms with E-state index >= 15 is 0 Å². The molecule has 1 aliphatic rings. The van der Waals surface area contributed by atoms with E-state index < -0.39 is 0 Å². The molecule has 1 N–H and O–H groups in total. The van der Waals surface area contributed by atoms with Crippen LogP contribution < -0.4 is 5.32 Å². The number of aromatic nitrogens is 4. The maximum absolute atomic E-state index is 12.6. The smallest absolute Gasteiger partial charge is 0.317 e. The van der Waals surface area contributed by atoms with Crippen LogP contribution in [0.3, 0.4) is 0 Å². The fourth-order valence-electron chi connectivity index (χ4n) is 3.60. The van der Waals surface area contributed by atoms with E-state index in [0.717, 1.165) is 42.7 Å². The fourth-order valence-corrected chi connectivity index (χ4v) is 3.60. The average Bonchev–Trinajstić information content (AvgIpc) is 3.43. The molecule has 3 heterocycles. The number of aryl methyl sites for hydroxylation is 1. The van der Waals surface area contributed by atoms with Crippen LogP contribution in [0.15, 0.2) is 55.1 Å². The van der Waals surface area contributed by atoms with Crippen molar-refractivity contribution < 1.29 is 4.79 Å². The Kier molecular flexibility index (Phi) is 4.91. The largest absolute Gasteiger partial charge is 0.334 e. The Morgan fingerprint density at radius 3 is 2.96 bits per heavy atom. The maximum atomic E-state index is 12.6. The van der Waals surface area contributed by atoms with E-state index in [2.05, 4.69) is 28.5 Å². The summed E-state index contributed by atoms with van der Waals surface area (Å²) in [6.45, 7) is 4.06. The standard InChI is InChI=1S/C20H24N6O/c1-16-6-2-3-8-19(16)26-14-17(13-23-26)12-21-20(27)25-11-4-7-18(25)15-24-10-5-9-22-24/h2-3,5-6,8-10,13-14,18H,4,7,11-12,15H2,1H3,(H,21,27)/t18-/m1/s1. The summed E-state index contributed by atoms with van der Waals surface area (Å²) in [6.07, 6.45) is 9.52. The van der Waals surface area contributed by atoms with Crippen LogP contribution in [-0.4, -0.2) is 43.1 Å². The molecule has 0 bridgehead atoms. The summed E-state index contributed by atoms with van der Waals surface area (Å²) < 4.78 is 3.75. The number of nitrogens with one attached hydrogen (secondary N) is 1. The van der Waals surface area contributed by atoms with Crippen molar-refractivity contribution in [1.29, 1.82) is 0 Å². The number of nitrogens with zero attached hydrogens (tertiary/aromatic N) is 5. The molecule has 1 saturated heterocycles. The monoisotopic (exact) mass is 364 g/mol. The molecule has 1 fully saturated rings. The van der Waals surface area contributed by atoms with Crippen molar-refractivity contribution in [2.24, 2.45) is 0 Å². The molecule has 4 rings (SSSR count). The highest BCUT2D eigenvalue weighted by molar-refractivity contribution is 5.74. The Labute approximate surface area is 158 Å². The van der Waals surface area contributed by atoms with Gasteiger partial charge >= 0.3 is 6.03 Å². The van der Waals surface area contributed by atoms with E-state index in [1.807, 2.05) is 50.9 Å². The highest BCUT2D eigenvalue weighted by Gasteiger charge is 2.28. The van der Waals surface area contributed by atoms with Crippen molar-refractivity contribution in [2.75, 3.05) is 6.54 Å². The molecular weight excluding hydrogens is 340 g/mol. The van der Waals surface area contributed by atoms with Gasteiger partial charge in [-0.25, -0.2) is 9.48 Å². The van der Waals surface area contributed by atoms with Gasteiger partial charge in [-0.3, -0.25) is 4.68 Å². The predicted octanol–water partition coefficient (Wildman–Crippen LogP) is 2.75. The molecule has 27 heavy (non-hydrogen) atoms. The Hall–Kier alpha value is -3.09. The van der Waals surface area contributed by atoms with Crippen LogP contribution in [0, 0.1) is 6.92 Å². The summed E-state index contributed by atoms with van der Waals surface area (Å²) in [6, 6.07) is 10.2. The summed E-state index contributed by atoms with van der Waals surface area (Å²) in [5.74, 6) is 0. The van der Waals surface area contributed by atoms with Crippen LogP contribution in [0.5, 0.6) is 0 Å². The van der Waals surface area contributed by atoms with E-state index in [0.29, 0.717) is 6.54 Å². The lowest BCUT2D eigenvalue weighted by molar-refractivity contribution is 0.185. The molecule has 0 spiro atoms. The highest BCUT2D eigenvalue weighted by Crippen LogP contribution is 2.19. The molecule has 2 aromatic heterocycles. The summed E-state index contributed by atoms with van der Waals surface area (Å²) in [5, 5.41) is 11.7. The number of carbonyl (C=O) groups excluding carboxylic acids is 1. The molecule has 1 atom stereocenters. The van der Waals surface area contributed by atoms with Crippen molar-refractivity contribution in [2.45, 2.75) is 38.9 Å². The first-order valence-electron chi connectivity index (χ1n) is 9.32. The highest BCUT2D eigenvalue weighted by atomic mass is 16.2. The minimum Gasteiger partial charge on any atom is -0.334 e. The molecule has 140 valence electrons. The fraction of sp³-hybridized carbons (Fsp3) is 0.350. The number of likely N-dealkylation sites (tertiary alicyclic amines) is 1. The minimum absolute atomic E-state index is 0.0201. The first-order chi connectivity index (χ1) is 13.2. The van der Waals surface area contributed by atoms with Gasteiger partial charge in [0, 0.05) is 37.2 Å². The lowest BCUT2D eigenvalue weighted by Gasteiger charge is -2.24. The molecular formula is C20H24N6O. The number of hydrogen-bond acceptors (Lipinski definition) is 3. The van der Waals surface area contributed by atoms with Crippen molar-refractivity contribution in [3.05, 3.63) is 66.2 Å². The van der Waals surface area contributed by atoms with Gasteiger partial charge in [-0.2, -0.15) is 10.2 Å². The van der Waals surface area contributed by atoms with Crippen LogP contribution in [0.4, 0.5) is 4.79 Å². The number of para-hydroxylation sites is 1. The summed E-state index contributed by atoms with van der Waals surface area (Å²) in [4.78, 5) is 14.6. The average molecular weight is 364 g/mol. The van der Waals surface area contributed by atoms with Gasteiger partial charge in [0.15, 0.2) is 0 Å². The second kappa shape index (κ2) is 7.65. The molecule has 0 radical (unpaired) electrons. The van der Waals surface area contributed by atoms with E-state index in [1.54, 1.807) is 12.4 Å². The van der Waals surface area contributed by atoms with Crippen LogP contribution >= 0.6 is 0 Å². The number of carbonyl (C=O) groups is 1. The Morgan fingerprint density at radius 1 is 1.26 bits per heavy atom. The maximum Gasteiger partial charge on any atom is 0.317 e. The number of hydrogen-bond donors (Lipinski definition) is 1. The molecule has 7 nitrogen and oxygen atoms in total. The molecule has 3 aromatic rings. The Bertz CT molecular complexity index is 901. The summed E-state index contributed by atoms with van der Waals surface area (Å²) >= 11 is 0. The zero-order valence-electron chi connectivity index (χ0n) is 15.5. The number of urea groups is 1. The second-order valence-corrected chi connectivity index (χ2v) is 6.96. The predicted molar refractivity (Wildman–Crippen MR) is 102 cm³/mol. The normalized spacial score (nSPS) is 16.6. The number of rotatable bonds is 5. The van der Waals surface area contributed by atoms with E-state index in [4.69, 9.17) is 0 Å². The molecule has 0 unspecified atom stereocenters. The summed E-state index contributed by atoms with van der Waals surface area (Å²) in [7, 11) is 0. The van der Waals surface area contributed by atoms with Gasteiger partial charge in [-0.1, -0.05) is 18.2 Å². The molecule has 0 aliphatic carbocycles. The van der Waals surface area contributed by atoms with Crippen LogP contribution in [0.25, 0.3) is 5.69 Å². The lowest BCUT2D eigenvalue weighted by atomic mass is 10.2. The van der Waals surface area contributed by atoms with Crippen LogP contribution in [0.2, 0.25) is 0 Å². The zero-order valence-corrected chi connectivity index (χ0v) is 15.5. The third kappa shape index (κ3) is 3.86. The Morgan fingerprint density at radius 2 is 2.15 bits per heavy atom. The van der Waals surface area contributed by atoms with Crippen molar-refractivity contribution in [1.82, 2.24) is 29.8 Å². The first kappa shape index (κ1) is 17.3. The van der Waals surface area contributed by atoms with Crippen LogP contribution in [-0.2, 0) is 13.1 Å². The van der Waals surface area contributed by atoms with E-state index in [-0.39, 0.29) is 12.1 Å². The number of amides is 2. The van der Waals surface area contributed by atoms with Gasteiger partial charge in [0.25, 0.3) is 0 Å². The third-order valence-corrected chi connectivity index (χ3v) is 5.04. The molecule has 1 aromatic carbocycles. The quantitative estimate of drug-likeness (QED) is 0.757. The first-order valence-corrected chi connectivity index (χ1v) is 9.32. The van der Waals surface area contributed by atoms with Gasteiger partial charge in [0.05, 0.1) is 24.5 Å². The van der Waals surface area contributed by atoms with Gasteiger partial charge in [0.1, 0.15) is 0 Å². The molecule has 2 amide bonds. The van der Waals surface area contributed by atoms with Crippen molar-refractivity contribution in [3.8, 4) is 5.69 Å².